The van der Waals surface area contributed by atoms with Crippen molar-refractivity contribution in [3.8, 4) is 5.88 Å². The second-order valence-corrected chi connectivity index (χ2v) is 5.36. The highest BCUT2D eigenvalue weighted by atomic mass is 32.1. The molecule has 2 amide bonds. The molecule has 0 bridgehead atoms. The van der Waals surface area contributed by atoms with Gasteiger partial charge in [0.1, 0.15) is 17.4 Å². The maximum atomic E-state index is 13.8. The summed E-state index contributed by atoms with van der Waals surface area (Å²) in [7, 11) is 1.40. The first kappa shape index (κ1) is 16.7. The lowest BCUT2D eigenvalue weighted by atomic mass is 10.1. The second kappa shape index (κ2) is 7.05. The van der Waals surface area contributed by atoms with E-state index in [1.807, 2.05) is 0 Å². The van der Waals surface area contributed by atoms with E-state index in [0.29, 0.717) is 0 Å². The van der Waals surface area contributed by atoms with Crippen LogP contribution in [0.15, 0.2) is 18.2 Å². The van der Waals surface area contributed by atoms with Crippen LogP contribution in [-0.2, 0) is 6.61 Å². The Morgan fingerprint density at radius 2 is 2.17 bits per heavy atom. The fourth-order valence-electron chi connectivity index (χ4n) is 1.73. The predicted molar refractivity (Wildman–Crippen MR) is 82.6 cm³/mol. The minimum atomic E-state index is -1.30. The molecule has 1 aromatic carbocycles. The van der Waals surface area contributed by atoms with Crippen molar-refractivity contribution < 1.29 is 23.8 Å². The minimum absolute atomic E-state index is 0.0382. The van der Waals surface area contributed by atoms with Crippen LogP contribution in [0.3, 0.4) is 0 Å². The SMILES string of the molecule is CNC(=O)Nc1snc(OCc2ccc(C)cc2F)c1C(=O)O. The quantitative estimate of drug-likeness (QED) is 0.777. The van der Waals surface area contributed by atoms with Gasteiger partial charge in [0.15, 0.2) is 5.56 Å². The van der Waals surface area contributed by atoms with E-state index in [1.54, 1.807) is 19.1 Å². The molecule has 1 aromatic heterocycles. The number of aromatic carboxylic acids is 1. The summed E-state index contributed by atoms with van der Waals surface area (Å²) in [6.45, 7) is 1.59. The number of nitrogens with zero attached hydrogens (tertiary/aromatic N) is 1. The van der Waals surface area contributed by atoms with E-state index in [9.17, 15) is 19.1 Å². The van der Waals surface area contributed by atoms with Gasteiger partial charge in [-0.1, -0.05) is 12.1 Å². The monoisotopic (exact) mass is 339 g/mol. The molecule has 0 saturated carbocycles. The third-order valence-electron chi connectivity index (χ3n) is 2.90. The number of rotatable bonds is 5. The van der Waals surface area contributed by atoms with Gasteiger partial charge >= 0.3 is 12.0 Å². The topological polar surface area (TPSA) is 101 Å². The number of carboxylic acid groups (broad SMARTS) is 1. The summed E-state index contributed by atoms with van der Waals surface area (Å²) in [6, 6.07) is 4.06. The highest BCUT2D eigenvalue weighted by Crippen LogP contribution is 2.31. The number of aryl methyl sites for hydroxylation is 1. The van der Waals surface area contributed by atoms with Gasteiger partial charge in [-0.3, -0.25) is 5.32 Å². The molecule has 122 valence electrons. The lowest BCUT2D eigenvalue weighted by Crippen LogP contribution is -2.24. The van der Waals surface area contributed by atoms with Gasteiger partial charge in [-0.2, -0.15) is 4.37 Å². The van der Waals surface area contributed by atoms with E-state index in [2.05, 4.69) is 15.0 Å². The third kappa shape index (κ3) is 3.95. The second-order valence-electron chi connectivity index (χ2n) is 4.58. The number of nitrogens with one attached hydrogen (secondary N) is 2. The van der Waals surface area contributed by atoms with E-state index in [1.165, 1.54) is 13.1 Å². The van der Waals surface area contributed by atoms with Crippen LogP contribution in [0.4, 0.5) is 14.2 Å². The van der Waals surface area contributed by atoms with E-state index >= 15 is 0 Å². The third-order valence-corrected chi connectivity index (χ3v) is 3.65. The summed E-state index contributed by atoms with van der Waals surface area (Å²) in [4.78, 5) is 22.6. The van der Waals surface area contributed by atoms with Crippen LogP contribution in [0.25, 0.3) is 0 Å². The number of hydrogen-bond donors (Lipinski definition) is 3. The molecule has 9 heteroatoms. The zero-order chi connectivity index (χ0) is 17.0. The van der Waals surface area contributed by atoms with Gasteiger partial charge in [0.25, 0.3) is 0 Å². The molecule has 0 atom stereocenters. The van der Waals surface area contributed by atoms with Crippen LogP contribution in [0.1, 0.15) is 21.5 Å². The molecule has 0 saturated heterocycles. The predicted octanol–water partition coefficient (Wildman–Crippen LogP) is 2.62. The molecule has 23 heavy (non-hydrogen) atoms. The van der Waals surface area contributed by atoms with E-state index in [0.717, 1.165) is 17.1 Å². The number of ether oxygens (including phenoxy) is 1. The van der Waals surface area contributed by atoms with Crippen LogP contribution in [-0.4, -0.2) is 28.5 Å². The Bertz CT molecular complexity index is 748. The summed E-state index contributed by atoms with van der Waals surface area (Å²) in [5.74, 6) is -1.92. The molecule has 0 aliphatic carbocycles. The summed E-state index contributed by atoms with van der Waals surface area (Å²) < 4.78 is 22.9. The van der Waals surface area contributed by atoms with E-state index in [4.69, 9.17) is 4.74 Å². The number of aromatic nitrogens is 1. The number of anilines is 1. The fraction of sp³-hybridized carbons (Fsp3) is 0.214. The number of amides is 2. The Labute approximate surface area is 135 Å². The molecule has 2 rings (SSSR count). The van der Waals surface area contributed by atoms with Crippen LogP contribution in [0, 0.1) is 12.7 Å². The molecule has 0 aliphatic heterocycles. The molecule has 1 heterocycles. The molecule has 2 aromatic rings. The van der Waals surface area contributed by atoms with Gasteiger partial charge in [-0.05, 0) is 30.1 Å². The largest absolute Gasteiger partial charge is 0.477 e. The van der Waals surface area contributed by atoms with Crippen LogP contribution < -0.4 is 15.4 Å². The van der Waals surface area contributed by atoms with Crippen LogP contribution in [0.2, 0.25) is 0 Å². The summed E-state index contributed by atoms with van der Waals surface area (Å²) in [5, 5.41) is 13.9. The molecule has 7 nitrogen and oxygen atoms in total. The zero-order valence-electron chi connectivity index (χ0n) is 12.3. The Morgan fingerprint density at radius 3 is 2.78 bits per heavy atom. The molecule has 0 radical (unpaired) electrons. The number of carbonyl (C=O) groups is 2. The summed E-state index contributed by atoms with van der Waals surface area (Å²) in [5.41, 5.74) is 0.773. The van der Waals surface area contributed by atoms with Crippen LogP contribution in [0.5, 0.6) is 5.88 Å². The summed E-state index contributed by atoms with van der Waals surface area (Å²) >= 11 is 0.768. The maximum Gasteiger partial charge on any atom is 0.344 e. The van der Waals surface area contributed by atoms with Crippen molar-refractivity contribution >= 4 is 28.5 Å². The first-order valence-corrected chi connectivity index (χ1v) is 7.29. The fourth-order valence-corrected chi connectivity index (χ4v) is 2.45. The van der Waals surface area contributed by atoms with Crippen molar-refractivity contribution in [1.82, 2.24) is 9.69 Å². The van der Waals surface area contributed by atoms with Crippen molar-refractivity contribution in [2.24, 2.45) is 0 Å². The molecule has 0 fully saturated rings. The lowest BCUT2D eigenvalue weighted by Gasteiger charge is -2.07. The number of halogens is 1. The van der Waals surface area contributed by atoms with Crippen molar-refractivity contribution in [3.63, 3.8) is 0 Å². The molecule has 3 N–H and O–H groups in total. The standard InChI is InChI=1S/C14H14FN3O4S/c1-7-3-4-8(9(15)5-7)6-22-11-10(13(19)20)12(23-18-11)17-14(21)16-2/h3-5H,6H2,1-2H3,(H,19,20)(H2,16,17,21). The molecular weight excluding hydrogens is 325 g/mol. The Balaban J connectivity index is 2.19. The average molecular weight is 339 g/mol. The highest BCUT2D eigenvalue weighted by Gasteiger charge is 2.23. The first-order valence-electron chi connectivity index (χ1n) is 6.52. The van der Waals surface area contributed by atoms with Gasteiger partial charge in [0.2, 0.25) is 5.88 Å². The van der Waals surface area contributed by atoms with Gasteiger partial charge in [0.05, 0.1) is 0 Å². The maximum absolute atomic E-state index is 13.8. The molecule has 0 aliphatic rings. The number of carbonyl (C=O) groups excluding carboxylic acids is 1. The van der Waals surface area contributed by atoms with Gasteiger partial charge in [0, 0.05) is 12.6 Å². The molecule has 0 spiro atoms. The highest BCUT2D eigenvalue weighted by molar-refractivity contribution is 7.11. The number of urea groups is 1. The average Bonchev–Trinajstić information content (AvgIpc) is 2.89. The molecule has 0 unspecified atom stereocenters. The first-order chi connectivity index (χ1) is 10.9. The Hall–Kier alpha value is -2.68. The van der Waals surface area contributed by atoms with Gasteiger partial charge < -0.3 is 15.2 Å². The van der Waals surface area contributed by atoms with Crippen molar-refractivity contribution in [1.29, 1.82) is 0 Å². The van der Waals surface area contributed by atoms with E-state index < -0.39 is 17.8 Å². The Kier molecular flexibility index (Phi) is 5.12. The van der Waals surface area contributed by atoms with Crippen molar-refractivity contribution in [2.75, 3.05) is 12.4 Å². The zero-order valence-corrected chi connectivity index (χ0v) is 13.2. The van der Waals surface area contributed by atoms with Gasteiger partial charge in [-0.15, -0.1) is 0 Å². The van der Waals surface area contributed by atoms with Crippen molar-refractivity contribution in [3.05, 3.63) is 40.7 Å². The number of carboxylic acids is 1. The van der Waals surface area contributed by atoms with E-state index in [-0.39, 0.29) is 28.6 Å². The summed E-state index contributed by atoms with van der Waals surface area (Å²) in [6.07, 6.45) is 0. The van der Waals surface area contributed by atoms with Crippen molar-refractivity contribution in [2.45, 2.75) is 13.5 Å². The normalized spacial score (nSPS) is 10.2. The lowest BCUT2D eigenvalue weighted by molar-refractivity contribution is 0.0693. The number of benzene rings is 1. The number of hydrogen-bond acceptors (Lipinski definition) is 5. The Morgan fingerprint density at radius 1 is 1.43 bits per heavy atom. The smallest absolute Gasteiger partial charge is 0.344 e. The van der Waals surface area contributed by atoms with Gasteiger partial charge in [-0.25, -0.2) is 14.0 Å². The molecular formula is C14H14FN3O4S. The van der Waals surface area contributed by atoms with Crippen LogP contribution >= 0.6 is 11.5 Å². The minimum Gasteiger partial charge on any atom is -0.477 e.